The molecule has 154 valence electrons. The molecule has 0 radical (unpaired) electrons. The Labute approximate surface area is 173 Å². The first-order chi connectivity index (χ1) is 14.6. The number of carbonyl (C=O) groups is 2. The number of furan rings is 1. The number of hydrazone groups is 1. The molecule has 2 aromatic carbocycles. The third-order valence-electron chi connectivity index (χ3n) is 4.08. The maximum Gasteiger partial charge on any atom is 0.337 e. The molecule has 8 heteroatoms. The number of rotatable bonds is 8. The van der Waals surface area contributed by atoms with Crippen LogP contribution < -0.4 is 14.9 Å². The maximum absolute atomic E-state index is 11.8. The van der Waals surface area contributed by atoms with Gasteiger partial charge in [-0.05, 0) is 53.6 Å². The summed E-state index contributed by atoms with van der Waals surface area (Å²) in [4.78, 5) is 23.3. The molecule has 0 aliphatic carbocycles. The van der Waals surface area contributed by atoms with Gasteiger partial charge in [-0.25, -0.2) is 10.2 Å². The van der Waals surface area contributed by atoms with E-state index in [-0.39, 0.29) is 11.7 Å². The highest BCUT2D eigenvalue weighted by molar-refractivity contribution is 5.92. The number of carbonyl (C=O) groups excluding carboxylic acids is 2. The van der Waals surface area contributed by atoms with Crippen molar-refractivity contribution in [2.75, 3.05) is 14.2 Å². The summed E-state index contributed by atoms with van der Waals surface area (Å²) < 4.78 is 20.9. The molecule has 1 N–H and O–H groups in total. The number of amides is 1. The van der Waals surface area contributed by atoms with E-state index in [2.05, 4.69) is 15.3 Å². The number of ether oxygens (including phenoxy) is 3. The van der Waals surface area contributed by atoms with Gasteiger partial charge in [0.25, 0.3) is 0 Å². The highest BCUT2D eigenvalue weighted by atomic mass is 16.5. The molecule has 0 bridgehead atoms. The molecule has 1 aromatic heterocycles. The summed E-state index contributed by atoms with van der Waals surface area (Å²) in [6.07, 6.45) is 2.90. The molecule has 0 fully saturated rings. The molecule has 8 nitrogen and oxygen atoms in total. The van der Waals surface area contributed by atoms with Gasteiger partial charge in [0, 0.05) is 0 Å². The summed E-state index contributed by atoms with van der Waals surface area (Å²) in [5, 5.41) is 3.91. The average molecular weight is 408 g/mol. The Bertz CT molecular complexity index is 1030. The highest BCUT2D eigenvalue weighted by Gasteiger charge is 2.09. The first kappa shape index (κ1) is 20.7. The molecular formula is C22H20N2O6. The Morgan fingerprint density at radius 1 is 1.07 bits per heavy atom. The third-order valence-corrected chi connectivity index (χ3v) is 4.08. The fourth-order valence-corrected chi connectivity index (χ4v) is 2.53. The normalized spacial score (nSPS) is 10.6. The molecule has 0 saturated heterocycles. The van der Waals surface area contributed by atoms with E-state index in [4.69, 9.17) is 13.9 Å². The lowest BCUT2D eigenvalue weighted by Crippen LogP contribution is -2.16. The van der Waals surface area contributed by atoms with Crippen LogP contribution in [0.15, 0.2) is 70.4 Å². The summed E-state index contributed by atoms with van der Waals surface area (Å²) in [7, 11) is 2.87. The molecule has 0 atom stereocenters. The Morgan fingerprint density at radius 2 is 1.87 bits per heavy atom. The van der Waals surface area contributed by atoms with Crippen molar-refractivity contribution in [3.05, 3.63) is 83.3 Å². The van der Waals surface area contributed by atoms with E-state index in [1.807, 2.05) is 0 Å². The van der Waals surface area contributed by atoms with Gasteiger partial charge in [0.1, 0.15) is 6.61 Å². The molecule has 0 spiro atoms. The topological polar surface area (TPSA) is 99.4 Å². The lowest BCUT2D eigenvalue weighted by molar-refractivity contribution is 0.0600. The zero-order valence-corrected chi connectivity index (χ0v) is 16.5. The van der Waals surface area contributed by atoms with Gasteiger partial charge in [0.15, 0.2) is 17.3 Å². The summed E-state index contributed by atoms with van der Waals surface area (Å²) in [5.41, 5.74) is 4.45. The summed E-state index contributed by atoms with van der Waals surface area (Å²) in [5.74, 6) is 0.407. The predicted octanol–water partition coefficient (Wildman–Crippen LogP) is 3.42. The quantitative estimate of drug-likeness (QED) is 0.348. The number of nitrogens with one attached hydrogen (secondary N) is 1. The van der Waals surface area contributed by atoms with Gasteiger partial charge in [-0.2, -0.15) is 5.10 Å². The second-order valence-electron chi connectivity index (χ2n) is 6.06. The van der Waals surface area contributed by atoms with Crippen molar-refractivity contribution in [3.8, 4) is 11.5 Å². The number of benzene rings is 2. The zero-order valence-electron chi connectivity index (χ0n) is 16.5. The summed E-state index contributed by atoms with van der Waals surface area (Å²) in [6, 6.07) is 15.4. The minimum absolute atomic E-state index is 0.174. The van der Waals surface area contributed by atoms with Crippen LogP contribution in [-0.4, -0.2) is 32.3 Å². The SMILES string of the molecule is COC(=O)c1ccc(COc2ccc(/C=N\NC(=O)c3ccco3)cc2OC)cc1. The first-order valence-corrected chi connectivity index (χ1v) is 8.95. The lowest BCUT2D eigenvalue weighted by Gasteiger charge is -2.11. The zero-order chi connectivity index (χ0) is 21.3. The number of esters is 1. The second-order valence-corrected chi connectivity index (χ2v) is 6.06. The standard InChI is InChI=1S/C22H20N2O6/c1-27-20-12-16(13-23-24-21(25)19-4-3-11-29-19)7-10-18(20)30-14-15-5-8-17(9-6-15)22(26)28-2/h3-13H,14H2,1-2H3,(H,24,25)/b23-13-. The number of hydrogen-bond acceptors (Lipinski definition) is 7. The average Bonchev–Trinajstić information content (AvgIpc) is 3.33. The van der Waals surface area contributed by atoms with Crippen LogP contribution in [0.4, 0.5) is 0 Å². The van der Waals surface area contributed by atoms with E-state index in [1.54, 1.807) is 54.6 Å². The molecular weight excluding hydrogens is 388 g/mol. The van der Waals surface area contributed by atoms with Gasteiger partial charge in [0.2, 0.25) is 0 Å². The van der Waals surface area contributed by atoms with Crippen molar-refractivity contribution in [2.24, 2.45) is 5.10 Å². The van der Waals surface area contributed by atoms with Crippen molar-refractivity contribution >= 4 is 18.1 Å². The molecule has 1 amide bonds. The molecule has 0 unspecified atom stereocenters. The Balaban J connectivity index is 1.60. The summed E-state index contributed by atoms with van der Waals surface area (Å²) >= 11 is 0. The molecule has 0 saturated carbocycles. The van der Waals surface area contributed by atoms with E-state index in [1.165, 1.54) is 26.7 Å². The Hall–Kier alpha value is -4.07. The molecule has 3 rings (SSSR count). The van der Waals surface area contributed by atoms with Crippen LogP contribution >= 0.6 is 0 Å². The van der Waals surface area contributed by atoms with Gasteiger partial charge in [-0.1, -0.05) is 12.1 Å². The molecule has 30 heavy (non-hydrogen) atoms. The number of nitrogens with zero attached hydrogens (tertiary/aromatic N) is 1. The monoisotopic (exact) mass is 408 g/mol. The Morgan fingerprint density at radius 3 is 2.53 bits per heavy atom. The maximum atomic E-state index is 11.8. The van der Waals surface area contributed by atoms with Gasteiger partial charge >= 0.3 is 11.9 Å². The van der Waals surface area contributed by atoms with Crippen LogP contribution in [0.2, 0.25) is 0 Å². The van der Waals surface area contributed by atoms with Crippen LogP contribution in [0, 0.1) is 0 Å². The van der Waals surface area contributed by atoms with E-state index in [0.717, 1.165) is 5.56 Å². The predicted molar refractivity (Wildman–Crippen MR) is 109 cm³/mol. The van der Waals surface area contributed by atoms with Crippen LogP contribution in [0.5, 0.6) is 11.5 Å². The number of hydrogen-bond donors (Lipinski definition) is 1. The van der Waals surface area contributed by atoms with E-state index >= 15 is 0 Å². The Kier molecular flexibility index (Phi) is 6.83. The second kappa shape index (κ2) is 9.92. The smallest absolute Gasteiger partial charge is 0.337 e. The van der Waals surface area contributed by atoms with Crippen molar-refractivity contribution < 1.29 is 28.2 Å². The van der Waals surface area contributed by atoms with Crippen molar-refractivity contribution in [1.82, 2.24) is 5.43 Å². The first-order valence-electron chi connectivity index (χ1n) is 8.95. The van der Waals surface area contributed by atoms with Crippen LogP contribution in [0.3, 0.4) is 0 Å². The van der Waals surface area contributed by atoms with E-state index < -0.39 is 5.91 Å². The van der Waals surface area contributed by atoms with Gasteiger partial charge in [0.05, 0.1) is 32.3 Å². The largest absolute Gasteiger partial charge is 0.493 e. The fourth-order valence-electron chi connectivity index (χ4n) is 2.53. The van der Waals surface area contributed by atoms with Gasteiger partial charge < -0.3 is 18.6 Å². The molecule has 0 aliphatic rings. The molecule has 3 aromatic rings. The van der Waals surface area contributed by atoms with E-state index in [9.17, 15) is 9.59 Å². The fraction of sp³-hybridized carbons (Fsp3) is 0.136. The van der Waals surface area contributed by atoms with Crippen molar-refractivity contribution in [1.29, 1.82) is 0 Å². The summed E-state index contributed by atoms with van der Waals surface area (Å²) in [6.45, 7) is 0.296. The highest BCUT2D eigenvalue weighted by Crippen LogP contribution is 2.28. The van der Waals surface area contributed by atoms with Gasteiger partial charge in [-0.15, -0.1) is 0 Å². The van der Waals surface area contributed by atoms with Gasteiger partial charge in [-0.3, -0.25) is 4.79 Å². The van der Waals surface area contributed by atoms with E-state index in [0.29, 0.717) is 29.2 Å². The molecule has 0 aliphatic heterocycles. The van der Waals surface area contributed by atoms with Crippen LogP contribution in [0.25, 0.3) is 0 Å². The molecule has 1 heterocycles. The van der Waals surface area contributed by atoms with Crippen LogP contribution in [-0.2, 0) is 11.3 Å². The van der Waals surface area contributed by atoms with Crippen molar-refractivity contribution in [3.63, 3.8) is 0 Å². The minimum Gasteiger partial charge on any atom is -0.493 e. The minimum atomic E-state index is -0.443. The third kappa shape index (κ3) is 5.26. The lowest BCUT2D eigenvalue weighted by atomic mass is 10.1. The van der Waals surface area contributed by atoms with Crippen LogP contribution in [0.1, 0.15) is 32.0 Å². The van der Waals surface area contributed by atoms with Crippen molar-refractivity contribution in [2.45, 2.75) is 6.61 Å². The number of methoxy groups -OCH3 is 2.